The lowest BCUT2D eigenvalue weighted by atomic mass is 10.2. The van der Waals surface area contributed by atoms with Crippen molar-refractivity contribution >= 4 is 23.9 Å². The van der Waals surface area contributed by atoms with Crippen molar-refractivity contribution in [3.8, 4) is 5.69 Å². The molecule has 10 heteroatoms. The first kappa shape index (κ1) is 25.7. The fourth-order valence-electron chi connectivity index (χ4n) is 3.46. The third kappa shape index (κ3) is 6.36. The molecule has 3 N–H and O–H groups in total. The zero-order valence-electron chi connectivity index (χ0n) is 20.5. The predicted octanol–water partition coefficient (Wildman–Crippen LogP) is 4.33. The van der Waals surface area contributed by atoms with E-state index in [9.17, 15) is 4.79 Å². The highest BCUT2D eigenvalue weighted by molar-refractivity contribution is 6.05. The van der Waals surface area contributed by atoms with E-state index in [0.717, 1.165) is 17.7 Å². The number of nitrogens with zero attached hydrogens (tertiary/aromatic N) is 5. The Morgan fingerprint density at radius 3 is 2.74 bits per heavy atom. The van der Waals surface area contributed by atoms with Crippen LogP contribution in [0.1, 0.15) is 62.8 Å². The van der Waals surface area contributed by atoms with E-state index >= 15 is 0 Å². The number of aromatic nitrogens is 4. The zero-order chi connectivity index (χ0) is 25.4. The molecule has 0 saturated heterocycles. The molecule has 3 aromatic heterocycles. The van der Waals surface area contributed by atoms with Crippen LogP contribution in [-0.2, 0) is 4.74 Å². The van der Waals surface area contributed by atoms with Crippen LogP contribution in [0.5, 0.6) is 0 Å². The summed E-state index contributed by atoms with van der Waals surface area (Å²) in [5, 5.41) is 18.8. The molecule has 0 unspecified atom stereocenters. The average molecular weight is 479 g/mol. The lowest BCUT2D eigenvalue weighted by Crippen LogP contribution is -2.40. The molecule has 10 nitrogen and oxygen atoms in total. The number of carbonyl (C=O) groups is 1. The van der Waals surface area contributed by atoms with Gasteiger partial charge in [0, 0.05) is 32.9 Å². The van der Waals surface area contributed by atoms with Gasteiger partial charge in [0.25, 0.3) is 5.91 Å². The maximum atomic E-state index is 12.8. The first-order valence-corrected chi connectivity index (χ1v) is 11.7. The number of pyridine rings is 2. The number of rotatable bonds is 9. The molecule has 0 bridgehead atoms. The summed E-state index contributed by atoms with van der Waals surface area (Å²) in [7, 11) is 1.56. The molecule has 1 atom stereocenters. The molecule has 0 spiro atoms. The minimum atomic E-state index is -0.440. The van der Waals surface area contributed by atoms with Gasteiger partial charge in [0.15, 0.2) is 5.84 Å². The van der Waals surface area contributed by atoms with Gasteiger partial charge in [0.2, 0.25) is 0 Å². The van der Waals surface area contributed by atoms with Crippen LogP contribution in [0.25, 0.3) is 5.69 Å². The normalized spacial score (nSPS) is 13.3. The largest absolute Gasteiger partial charge is 0.383 e. The van der Waals surface area contributed by atoms with Gasteiger partial charge in [-0.1, -0.05) is 19.9 Å². The molecule has 1 fully saturated rings. The second kappa shape index (κ2) is 12.0. The second-order valence-corrected chi connectivity index (χ2v) is 7.93. The van der Waals surface area contributed by atoms with Gasteiger partial charge in [-0.05, 0) is 38.0 Å². The second-order valence-electron chi connectivity index (χ2n) is 7.93. The Morgan fingerprint density at radius 2 is 2.06 bits per heavy atom. The van der Waals surface area contributed by atoms with Crippen molar-refractivity contribution in [2.24, 2.45) is 0 Å². The van der Waals surface area contributed by atoms with E-state index < -0.39 is 5.91 Å². The first-order valence-electron chi connectivity index (χ1n) is 11.7. The Labute approximate surface area is 206 Å². The molecular weight excluding hydrogens is 444 g/mol. The summed E-state index contributed by atoms with van der Waals surface area (Å²) in [6.07, 6.45) is 8.82. The summed E-state index contributed by atoms with van der Waals surface area (Å²) in [6, 6.07) is 8.25. The van der Waals surface area contributed by atoms with Crippen molar-refractivity contribution in [3.63, 3.8) is 0 Å². The van der Waals surface area contributed by atoms with E-state index in [1.165, 1.54) is 17.7 Å². The van der Waals surface area contributed by atoms with Crippen molar-refractivity contribution in [3.05, 3.63) is 66.1 Å². The summed E-state index contributed by atoms with van der Waals surface area (Å²) >= 11 is 0. The summed E-state index contributed by atoms with van der Waals surface area (Å²) in [4.78, 5) is 27.3. The Hall–Kier alpha value is -3.92. The van der Waals surface area contributed by atoms with Gasteiger partial charge in [0.05, 0.1) is 36.7 Å². The summed E-state index contributed by atoms with van der Waals surface area (Å²) in [5.74, 6) is 0.516. The van der Waals surface area contributed by atoms with Crippen molar-refractivity contribution in [1.82, 2.24) is 24.4 Å². The number of hydrogen-bond acceptors (Lipinski definition) is 7. The highest BCUT2D eigenvalue weighted by Crippen LogP contribution is 2.39. The number of methoxy groups -OCH3 is 1. The number of amides is 1. The maximum absolute atomic E-state index is 12.8. The third-order valence-corrected chi connectivity index (χ3v) is 5.39. The molecule has 0 radical (unpaired) electrons. The lowest BCUT2D eigenvalue weighted by Gasteiger charge is -2.26. The van der Waals surface area contributed by atoms with Crippen molar-refractivity contribution < 1.29 is 11.0 Å². The molecular formula is C25H34N8O2. The molecule has 0 aromatic carbocycles. The number of amidine groups is 1. The van der Waals surface area contributed by atoms with Crippen LogP contribution in [0.2, 0.25) is 0 Å². The van der Waals surface area contributed by atoms with E-state index in [1.54, 1.807) is 43.9 Å². The molecule has 3 aromatic rings. The minimum Gasteiger partial charge on any atom is -0.383 e. The zero-order valence-corrected chi connectivity index (χ0v) is 20.5. The maximum Gasteiger partial charge on any atom is 0.275 e. The Kier molecular flexibility index (Phi) is 8.80. The minimum absolute atomic E-state index is 0. The van der Waals surface area contributed by atoms with Crippen LogP contribution in [-0.4, -0.2) is 62.3 Å². The Morgan fingerprint density at radius 1 is 1.31 bits per heavy atom. The van der Waals surface area contributed by atoms with Gasteiger partial charge in [-0.3, -0.25) is 15.6 Å². The number of hydrogen-bond donors (Lipinski definition) is 3. The number of ether oxygens (including phenoxy) is 1. The number of carbonyl (C=O) groups excluding carboxylic acids is 1. The van der Waals surface area contributed by atoms with Crippen LogP contribution in [0.3, 0.4) is 0 Å². The molecule has 35 heavy (non-hydrogen) atoms. The van der Waals surface area contributed by atoms with Crippen LogP contribution in [0.4, 0.5) is 5.82 Å². The van der Waals surface area contributed by atoms with Gasteiger partial charge in [-0.25, -0.2) is 15.0 Å². The lowest BCUT2D eigenvalue weighted by molar-refractivity contribution is 0.102. The van der Waals surface area contributed by atoms with Crippen LogP contribution in [0, 0.1) is 10.8 Å². The predicted molar refractivity (Wildman–Crippen MR) is 138 cm³/mol. The molecule has 1 amide bonds. The summed E-state index contributed by atoms with van der Waals surface area (Å²) in [6.45, 7) is 6.19. The van der Waals surface area contributed by atoms with Crippen LogP contribution >= 0.6 is 0 Å². The van der Waals surface area contributed by atoms with E-state index in [4.69, 9.17) is 15.6 Å². The molecule has 0 aliphatic heterocycles. The van der Waals surface area contributed by atoms with E-state index in [-0.39, 0.29) is 24.7 Å². The summed E-state index contributed by atoms with van der Waals surface area (Å²) in [5.41, 5.74) is 2.35. The smallest absolute Gasteiger partial charge is 0.275 e. The van der Waals surface area contributed by atoms with Gasteiger partial charge < -0.3 is 19.5 Å². The van der Waals surface area contributed by atoms with E-state index in [2.05, 4.69) is 20.3 Å². The van der Waals surface area contributed by atoms with E-state index in [0.29, 0.717) is 18.3 Å². The molecule has 1 aliphatic rings. The van der Waals surface area contributed by atoms with Gasteiger partial charge in [-0.15, -0.1) is 0 Å². The van der Waals surface area contributed by atoms with Crippen molar-refractivity contribution in [2.45, 2.75) is 45.6 Å². The number of imidazole rings is 1. The molecule has 4 rings (SSSR count). The SMILES string of the molecule is CC.COC[C@@H](C)N(C=N)C(=N)c1cccc(C(=O)Nc2cc(-n3cnc(C4CC4)c3)ccn2)n1.[HH]. The quantitative estimate of drug-likeness (QED) is 0.310. The van der Waals surface area contributed by atoms with Gasteiger partial charge in [0.1, 0.15) is 17.2 Å². The van der Waals surface area contributed by atoms with Crippen LogP contribution in [0.15, 0.2) is 49.1 Å². The van der Waals surface area contributed by atoms with Crippen LogP contribution < -0.4 is 5.32 Å². The summed E-state index contributed by atoms with van der Waals surface area (Å²) < 4.78 is 7.03. The highest BCUT2D eigenvalue weighted by Gasteiger charge is 2.26. The highest BCUT2D eigenvalue weighted by atomic mass is 16.5. The van der Waals surface area contributed by atoms with Gasteiger partial charge in [-0.2, -0.15) is 0 Å². The number of anilines is 1. The monoisotopic (exact) mass is 478 g/mol. The third-order valence-electron chi connectivity index (χ3n) is 5.39. The fourth-order valence-corrected chi connectivity index (χ4v) is 3.46. The first-order chi connectivity index (χ1) is 17.0. The van der Waals surface area contributed by atoms with Crippen molar-refractivity contribution in [2.75, 3.05) is 19.0 Å². The molecule has 1 saturated carbocycles. The Balaban J connectivity index is 0.00000148. The van der Waals surface area contributed by atoms with Gasteiger partial charge >= 0.3 is 0 Å². The Bertz CT molecular complexity index is 1180. The van der Waals surface area contributed by atoms with Crippen molar-refractivity contribution in [1.29, 1.82) is 10.8 Å². The fraction of sp³-hybridized carbons (Fsp3) is 0.360. The molecule has 3 heterocycles. The standard InChI is InChI=1S/C23H26N8O2.C2H6.H2/c1-15(12-33-2)31(13-24)22(25)18-4-3-5-19(28-18)23(32)29-21-10-17(8-9-26-21)30-11-20(27-14-30)16-6-7-16;1-2;/h3-5,8-11,13-16,24-25H,6-7,12H2,1-2H3,(H,26,29,32);1-2H3;1H/t15-;;/m1../s1. The van der Waals surface area contributed by atoms with E-state index in [1.807, 2.05) is 37.6 Å². The number of nitrogens with one attached hydrogen (secondary N) is 3. The topological polar surface area (TPSA) is 133 Å². The molecule has 186 valence electrons. The molecule has 1 aliphatic carbocycles. The average Bonchev–Trinajstić information content (AvgIpc) is 3.62.